The summed E-state index contributed by atoms with van der Waals surface area (Å²) < 4.78 is 44.6. The van der Waals surface area contributed by atoms with Crippen LogP contribution < -0.4 is 16.0 Å². The van der Waals surface area contributed by atoms with Crippen LogP contribution in [0.15, 0.2) is 28.8 Å². The van der Waals surface area contributed by atoms with E-state index in [1.165, 1.54) is 6.07 Å². The molecule has 3 N–H and O–H groups in total. The summed E-state index contributed by atoms with van der Waals surface area (Å²) in [5, 5.41) is 11.0. The number of nitrogen functional groups attached to an aromatic ring is 1. The largest absolute Gasteiger partial charge is 0.416 e. The molecule has 0 bridgehead atoms. The highest BCUT2D eigenvalue weighted by Gasteiger charge is 2.36. The van der Waals surface area contributed by atoms with Crippen molar-refractivity contribution in [2.45, 2.75) is 58.3 Å². The highest BCUT2D eigenvalue weighted by Crippen LogP contribution is 2.33. The number of nitrogens with zero attached hydrogens (tertiary/aromatic N) is 7. The lowest BCUT2D eigenvalue weighted by atomic mass is 9.97. The first-order valence-corrected chi connectivity index (χ1v) is 14.3. The van der Waals surface area contributed by atoms with Gasteiger partial charge in [0.1, 0.15) is 11.5 Å². The molecule has 11 nitrogen and oxygen atoms in total. The van der Waals surface area contributed by atoms with Crippen molar-refractivity contribution in [3.63, 3.8) is 0 Å². The van der Waals surface area contributed by atoms with Crippen molar-refractivity contribution < 1.29 is 22.4 Å². The Bertz CT molecular complexity index is 1410. The van der Waals surface area contributed by atoms with Gasteiger partial charge in [0.05, 0.1) is 23.0 Å². The van der Waals surface area contributed by atoms with E-state index in [1.807, 2.05) is 13.8 Å². The number of nitrogens with one attached hydrogen (secondary N) is 1. The topological polar surface area (TPSA) is 130 Å². The molecule has 0 spiro atoms. The van der Waals surface area contributed by atoms with Crippen LogP contribution in [-0.2, 0) is 6.18 Å². The van der Waals surface area contributed by atoms with E-state index < -0.39 is 11.7 Å². The SMILES string of the molecule is CCNc1nnc(-c2cnc(N3CCN(C4CCN(C(=O)c5ccc(C(F)(F)F)cc5N)CC4)[C@@H](CC)C3)c(C)n2)o1. The molecule has 2 aliphatic rings. The fraction of sp³-hybridized carbons (Fsp3) is 0.536. The standard InChI is InChI=1S/C28H36F3N9O2/c1-4-19-16-39(24-17(3)35-23(15-34-24)25-36-37-27(42-25)33-5-2)12-13-40(19)20-8-10-38(11-9-20)26(41)21-7-6-18(14-22(21)32)28(29,30)31/h6-7,14-15,19-20H,4-5,8-13,16,32H2,1-3H3,(H,33,37)/t19-/m0/s1. The number of carbonyl (C=O) groups is 1. The van der Waals surface area contributed by atoms with Gasteiger partial charge in [-0.05, 0) is 51.3 Å². The van der Waals surface area contributed by atoms with Crippen molar-refractivity contribution in [1.82, 2.24) is 30.0 Å². The molecule has 2 aliphatic heterocycles. The molecule has 1 amide bonds. The zero-order chi connectivity index (χ0) is 30.0. The number of nitrogens with two attached hydrogens (primary N) is 1. The number of benzene rings is 1. The van der Waals surface area contributed by atoms with Gasteiger partial charge in [0.15, 0.2) is 0 Å². The van der Waals surface area contributed by atoms with E-state index in [-0.39, 0.29) is 17.2 Å². The number of aromatic nitrogens is 4. The van der Waals surface area contributed by atoms with Gasteiger partial charge in [-0.3, -0.25) is 9.69 Å². The van der Waals surface area contributed by atoms with Crippen LogP contribution in [0.25, 0.3) is 11.6 Å². The Morgan fingerprint density at radius 2 is 1.90 bits per heavy atom. The molecule has 0 radical (unpaired) electrons. The predicted octanol–water partition coefficient (Wildman–Crippen LogP) is 4.07. The number of alkyl halides is 3. The summed E-state index contributed by atoms with van der Waals surface area (Å²) in [7, 11) is 0. The normalized spacial score (nSPS) is 18.9. The van der Waals surface area contributed by atoms with Gasteiger partial charge in [-0.2, -0.15) is 13.2 Å². The summed E-state index contributed by atoms with van der Waals surface area (Å²) in [6, 6.07) is 3.88. The summed E-state index contributed by atoms with van der Waals surface area (Å²) in [4.78, 5) is 28.9. The molecule has 1 aromatic carbocycles. The lowest BCUT2D eigenvalue weighted by molar-refractivity contribution is -0.137. The van der Waals surface area contributed by atoms with E-state index in [9.17, 15) is 18.0 Å². The van der Waals surface area contributed by atoms with Crippen LogP contribution in [0.1, 0.15) is 54.7 Å². The van der Waals surface area contributed by atoms with Crippen LogP contribution in [0.2, 0.25) is 0 Å². The lowest BCUT2D eigenvalue weighted by Gasteiger charge is -2.47. The van der Waals surface area contributed by atoms with E-state index >= 15 is 0 Å². The molecular weight excluding hydrogens is 551 g/mol. The Morgan fingerprint density at radius 1 is 1.14 bits per heavy atom. The van der Waals surface area contributed by atoms with Crippen molar-refractivity contribution in [3.8, 4) is 11.6 Å². The molecule has 4 heterocycles. The van der Waals surface area contributed by atoms with Gasteiger partial charge in [-0.25, -0.2) is 9.97 Å². The van der Waals surface area contributed by atoms with Crippen molar-refractivity contribution in [2.75, 3.05) is 55.2 Å². The number of anilines is 3. The molecule has 0 unspecified atom stereocenters. The average molecular weight is 588 g/mol. The van der Waals surface area contributed by atoms with Crippen LogP contribution >= 0.6 is 0 Å². The molecule has 42 heavy (non-hydrogen) atoms. The number of piperazine rings is 1. The molecule has 226 valence electrons. The van der Waals surface area contributed by atoms with Gasteiger partial charge < -0.3 is 25.3 Å². The van der Waals surface area contributed by atoms with Crippen molar-refractivity contribution in [1.29, 1.82) is 0 Å². The average Bonchev–Trinajstić information content (AvgIpc) is 3.45. The zero-order valence-electron chi connectivity index (χ0n) is 24.0. The van der Waals surface area contributed by atoms with Crippen LogP contribution in [0, 0.1) is 6.92 Å². The molecule has 2 aromatic heterocycles. The minimum absolute atomic E-state index is 0.112. The van der Waals surface area contributed by atoms with Crippen LogP contribution in [0.3, 0.4) is 0 Å². The molecule has 1 atom stereocenters. The van der Waals surface area contributed by atoms with E-state index in [4.69, 9.17) is 15.1 Å². The third-order valence-electron chi connectivity index (χ3n) is 8.02. The number of aryl methyl sites for hydroxylation is 1. The number of piperidine rings is 1. The summed E-state index contributed by atoms with van der Waals surface area (Å²) in [5.41, 5.74) is 6.26. The van der Waals surface area contributed by atoms with Gasteiger partial charge >= 0.3 is 12.2 Å². The molecule has 0 saturated carbocycles. The zero-order valence-corrected chi connectivity index (χ0v) is 24.0. The second-order valence-corrected chi connectivity index (χ2v) is 10.7. The number of amides is 1. The van der Waals surface area contributed by atoms with Gasteiger partial charge in [-0.1, -0.05) is 12.0 Å². The van der Waals surface area contributed by atoms with E-state index in [1.54, 1.807) is 11.1 Å². The fourth-order valence-electron chi connectivity index (χ4n) is 5.85. The molecular formula is C28H36F3N9O2. The fourth-order valence-corrected chi connectivity index (χ4v) is 5.85. The molecule has 0 aliphatic carbocycles. The van der Waals surface area contributed by atoms with E-state index in [2.05, 4.69) is 37.2 Å². The summed E-state index contributed by atoms with van der Waals surface area (Å²) in [6.07, 6.45) is -0.314. The van der Waals surface area contributed by atoms with Gasteiger partial charge in [0, 0.05) is 57.0 Å². The lowest BCUT2D eigenvalue weighted by Crippen LogP contribution is -2.59. The van der Waals surface area contributed by atoms with Crippen LogP contribution in [0.4, 0.5) is 30.7 Å². The number of hydrogen-bond acceptors (Lipinski definition) is 10. The second kappa shape index (κ2) is 12.1. The highest BCUT2D eigenvalue weighted by atomic mass is 19.4. The van der Waals surface area contributed by atoms with E-state index in [0.717, 1.165) is 62.5 Å². The highest BCUT2D eigenvalue weighted by molar-refractivity contribution is 5.99. The summed E-state index contributed by atoms with van der Waals surface area (Å²) in [6.45, 7) is 10.2. The first-order chi connectivity index (χ1) is 20.1. The Balaban J connectivity index is 1.19. The summed E-state index contributed by atoms with van der Waals surface area (Å²) in [5.74, 6) is 0.820. The maximum Gasteiger partial charge on any atom is 0.416 e. The Morgan fingerprint density at radius 3 is 2.55 bits per heavy atom. The third-order valence-corrected chi connectivity index (χ3v) is 8.02. The Kier molecular flexibility index (Phi) is 8.53. The Labute approximate surface area is 242 Å². The molecule has 3 aromatic rings. The number of likely N-dealkylation sites (tertiary alicyclic amines) is 1. The molecule has 2 fully saturated rings. The minimum atomic E-state index is -4.51. The van der Waals surface area contributed by atoms with Gasteiger partial charge in [-0.15, -0.1) is 5.10 Å². The first kappa shape index (κ1) is 29.5. The van der Waals surface area contributed by atoms with Crippen molar-refractivity contribution >= 4 is 23.4 Å². The number of rotatable bonds is 7. The molecule has 14 heteroatoms. The smallest absolute Gasteiger partial charge is 0.402 e. The monoisotopic (exact) mass is 587 g/mol. The predicted molar refractivity (Wildman–Crippen MR) is 152 cm³/mol. The van der Waals surface area contributed by atoms with Crippen LogP contribution in [0.5, 0.6) is 0 Å². The maximum absolute atomic E-state index is 13.1. The van der Waals surface area contributed by atoms with Gasteiger partial charge in [0.25, 0.3) is 11.8 Å². The molecule has 5 rings (SSSR count). The van der Waals surface area contributed by atoms with Crippen LogP contribution in [-0.4, -0.2) is 87.2 Å². The van der Waals surface area contributed by atoms with Crippen molar-refractivity contribution in [2.24, 2.45) is 0 Å². The maximum atomic E-state index is 13.1. The third kappa shape index (κ3) is 6.13. The Hall–Kier alpha value is -3.94. The van der Waals surface area contributed by atoms with Crippen molar-refractivity contribution in [3.05, 3.63) is 41.2 Å². The number of halogens is 3. The quantitative estimate of drug-likeness (QED) is 0.390. The second-order valence-electron chi connectivity index (χ2n) is 10.7. The minimum Gasteiger partial charge on any atom is -0.402 e. The van der Waals surface area contributed by atoms with Gasteiger partial charge in [0.2, 0.25) is 0 Å². The number of carbonyl (C=O) groups excluding carboxylic acids is 1. The first-order valence-electron chi connectivity index (χ1n) is 14.3. The molecule has 2 saturated heterocycles. The van der Waals surface area contributed by atoms with E-state index in [0.29, 0.717) is 49.3 Å². The summed E-state index contributed by atoms with van der Waals surface area (Å²) >= 11 is 0. The number of hydrogen-bond donors (Lipinski definition) is 2.